The maximum atomic E-state index is 13.2. The third-order valence-corrected chi connectivity index (χ3v) is 5.09. The first-order valence-corrected chi connectivity index (χ1v) is 8.80. The van der Waals surface area contributed by atoms with E-state index in [-0.39, 0.29) is 11.9 Å². The van der Waals surface area contributed by atoms with Gasteiger partial charge in [0.25, 0.3) is 5.91 Å². The zero-order chi connectivity index (χ0) is 17.4. The van der Waals surface area contributed by atoms with Crippen LogP contribution in [-0.2, 0) is 6.54 Å². The molecule has 0 aliphatic carbocycles. The van der Waals surface area contributed by atoms with E-state index in [2.05, 4.69) is 35.9 Å². The molecule has 1 aliphatic heterocycles. The first-order valence-electron chi connectivity index (χ1n) is 8.42. The molecule has 2 heterocycles. The number of nitrogens with zero attached hydrogens (tertiary/aromatic N) is 2. The van der Waals surface area contributed by atoms with Crippen LogP contribution in [0.3, 0.4) is 0 Å². The predicted molar refractivity (Wildman–Crippen MR) is 99.9 cm³/mol. The molecular weight excluding hydrogens is 332 g/mol. The number of fused-ring (bicyclic) bond motifs is 1. The molecule has 1 amide bonds. The maximum Gasteiger partial charge on any atom is 0.254 e. The maximum absolute atomic E-state index is 13.2. The molecule has 4 rings (SSSR count). The topological polar surface area (TPSA) is 25.2 Å². The van der Waals surface area contributed by atoms with Gasteiger partial charge in [-0.1, -0.05) is 41.9 Å². The van der Waals surface area contributed by atoms with Crippen LogP contribution in [0.1, 0.15) is 33.2 Å². The van der Waals surface area contributed by atoms with Gasteiger partial charge in [-0.15, -0.1) is 0 Å². The van der Waals surface area contributed by atoms with Crippen LogP contribution in [0, 0.1) is 6.92 Å². The van der Waals surface area contributed by atoms with Gasteiger partial charge in [-0.3, -0.25) is 4.79 Å². The lowest BCUT2D eigenvalue weighted by Crippen LogP contribution is -2.42. The van der Waals surface area contributed by atoms with E-state index in [0.717, 1.165) is 17.8 Å². The highest BCUT2D eigenvalue weighted by Gasteiger charge is 2.33. The number of aryl methyl sites for hydroxylation is 1. The molecule has 1 aliphatic rings. The minimum absolute atomic E-state index is 0.0169. The van der Waals surface area contributed by atoms with Crippen LogP contribution in [0.2, 0.25) is 5.02 Å². The summed E-state index contributed by atoms with van der Waals surface area (Å²) in [6.45, 7) is 3.57. The van der Waals surface area contributed by atoms with E-state index in [9.17, 15) is 4.79 Å². The fourth-order valence-corrected chi connectivity index (χ4v) is 3.80. The Morgan fingerprint density at radius 2 is 1.88 bits per heavy atom. The predicted octanol–water partition coefficient (Wildman–Crippen LogP) is 4.70. The van der Waals surface area contributed by atoms with E-state index < -0.39 is 0 Å². The summed E-state index contributed by atoms with van der Waals surface area (Å²) in [7, 11) is 0. The molecule has 1 aromatic heterocycles. The van der Waals surface area contributed by atoms with Crippen LogP contribution < -0.4 is 0 Å². The summed E-state index contributed by atoms with van der Waals surface area (Å²) in [5, 5.41) is 0.582. The smallest absolute Gasteiger partial charge is 0.254 e. The van der Waals surface area contributed by atoms with Crippen molar-refractivity contribution in [2.45, 2.75) is 19.5 Å². The Morgan fingerprint density at radius 3 is 2.68 bits per heavy atom. The summed E-state index contributed by atoms with van der Waals surface area (Å²) < 4.78 is 2.23. The molecule has 0 spiro atoms. The summed E-state index contributed by atoms with van der Waals surface area (Å²) in [6.07, 6.45) is 2.09. The molecule has 4 heteroatoms. The lowest BCUT2D eigenvalue weighted by Gasteiger charge is -2.38. The zero-order valence-electron chi connectivity index (χ0n) is 14.0. The van der Waals surface area contributed by atoms with Crippen LogP contribution in [0.15, 0.2) is 66.9 Å². The molecular formula is C21H19ClN2O. The quantitative estimate of drug-likeness (QED) is 0.658. The van der Waals surface area contributed by atoms with E-state index in [1.54, 1.807) is 12.1 Å². The Balaban J connectivity index is 1.81. The van der Waals surface area contributed by atoms with Gasteiger partial charge in [0.1, 0.15) is 0 Å². The molecule has 1 unspecified atom stereocenters. The Labute approximate surface area is 152 Å². The van der Waals surface area contributed by atoms with Gasteiger partial charge in [-0.2, -0.15) is 0 Å². The molecule has 0 bridgehead atoms. The van der Waals surface area contributed by atoms with Gasteiger partial charge < -0.3 is 9.47 Å². The van der Waals surface area contributed by atoms with Crippen molar-refractivity contribution in [3.05, 3.63) is 94.3 Å². The van der Waals surface area contributed by atoms with Crippen molar-refractivity contribution in [1.29, 1.82) is 0 Å². The standard InChI is InChI=1S/C21H19ClN2O/c1-15-6-2-3-9-18(15)20-19-10-5-11-23(19)12-13-24(20)21(25)16-7-4-8-17(22)14-16/h2-11,14,20H,12-13H2,1H3. The number of hydrogen-bond donors (Lipinski definition) is 0. The number of aromatic nitrogens is 1. The summed E-state index contributed by atoms with van der Waals surface area (Å²) in [6, 6.07) is 19.5. The van der Waals surface area contributed by atoms with Crippen molar-refractivity contribution in [2.75, 3.05) is 6.54 Å². The van der Waals surface area contributed by atoms with Gasteiger partial charge in [0.2, 0.25) is 0 Å². The lowest BCUT2D eigenvalue weighted by molar-refractivity contribution is 0.0663. The van der Waals surface area contributed by atoms with Gasteiger partial charge >= 0.3 is 0 Å². The minimum Gasteiger partial charge on any atom is -0.348 e. The lowest BCUT2D eigenvalue weighted by atomic mass is 9.95. The van der Waals surface area contributed by atoms with Gasteiger partial charge in [0.15, 0.2) is 0 Å². The molecule has 3 aromatic rings. The summed E-state index contributed by atoms with van der Waals surface area (Å²) >= 11 is 6.10. The highest BCUT2D eigenvalue weighted by molar-refractivity contribution is 6.30. The Kier molecular flexibility index (Phi) is 4.10. The highest BCUT2D eigenvalue weighted by atomic mass is 35.5. The normalized spacial score (nSPS) is 16.6. The van der Waals surface area contributed by atoms with Crippen molar-refractivity contribution >= 4 is 17.5 Å². The molecule has 0 saturated carbocycles. The van der Waals surface area contributed by atoms with Crippen molar-refractivity contribution in [1.82, 2.24) is 9.47 Å². The molecule has 0 saturated heterocycles. The van der Waals surface area contributed by atoms with Crippen molar-refractivity contribution < 1.29 is 4.79 Å². The second-order valence-corrected chi connectivity index (χ2v) is 6.83. The summed E-state index contributed by atoms with van der Waals surface area (Å²) in [5.74, 6) is 0.0169. The van der Waals surface area contributed by atoms with Gasteiger partial charge in [-0.05, 0) is 48.4 Å². The number of benzene rings is 2. The number of hydrogen-bond acceptors (Lipinski definition) is 1. The second-order valence-electron chi connectivity index (χ2n) is 6.39. The fourth-order valence-electron chi connectivity index (χ4n) is 3.61. The number of carbonyl (C=O) groups excluding carboxylic acids is 1. The first-order chi connectivity index (χ1) is 12.1. The number of halogens is 1. The van der Waals surface area contributed by atoms with Crippen LogP contribution in [-0.4, -0.2) is 21.9 Å². The third-order valence-electron chi connectivity index (χ3n) is 4.85. The average Bonchev–Trinajstić information content (AvgIpc) is 3.10. The van der Waals surface area contributed by atoms with Crippen LogP contribution in [0.4, 0.5) is 0 Å². The average molecular weight is 351 g/mol. The SMILES string of the molecule is Cc1ccccc1C1c2cccn2CCN1C(=O)c1cccc(Cl)c1. The van der Waals surface area contributed by atoms with Crippen molar-refractivity contribution in [3.8, 4) is 0 Å². The molecule has 126 valence electrons. The fraction of sp³-hybridized carbons (Fsp3) is 0.190. The Bertz CT molecular complexity index is 931. The van der Waals surface area contributed by atoms with Gasteiger partial charge in [-0.25, -0.2) is 0 Å². The van der Waals surface area contributed by atoms with Crippen molar-refractivity contribution in [2.24, 2.45) is 0 Å². The zero-order valence-corrected chi connectivity index (χ0v) is 14.8. The second kappa shape index (κ2) is 6.41. The first kappa shape index (κ1) is 16.0. The summed E-state index contributed by atoms with van der Waals surface area (Å²) in [5.41, 5.74) is 4.13. The van der Waals surface area contributed by atoms with Crippen LogP contribution in [0.25, 0.3) is 0 Å². The third kappa shape index (κ3) is 2.85. The number of amides is 1. The largest absolute Gasteiger partial charge is 0.348 e. The molecule has 1 atom stereocenters. The molecule has 0 N–H and O–H groups in total. The molecule has 0 fully saturated rings. The van der Waals surface area contributed by atoms with E-state index in [0.29, 0.717) is 17.1 Å². The number of rotatable bonds is 2. The van der Waals surface area contributed by atoms with Crippen LogP contribution in [0.5, 0.6) is 0 Å². The van der Waals surface area contributed by atoms with Crippen LogP contribution >= 0.6 is 11.6 Å². The van der Waals surface area contributed by atoms with Gasteiger partial charge in [0, 0.05) is 35.6 Å². The Hall–Kier alpha value is -2.52. The Morgan fingerprint density at radius 1 is 1.04 bits per heavy atom. The highest BCUT2D eigenvalue weighted by Crippen LogP contribution is 2.35. The molecule has 2 aromatic carbocycles. The van der Waals surface area contributed by atoms with E-state index in [1.807, 2.05) is 35.2 Å². The van der Waals surface area contributed by atoms with E-state index in [4.69, 9.17) is 11.6 Å². The molecule has 3 nitrogen and oxygen atoms in total. The van der Waals surface area contributed by atoms with Gasteiger partial charge in [0.05, 0.1) is 6.04 Å². The summed E-state index contributed by atoms with van der Waals surface area (Å²) in [4.78, 5) is 15.2. The van der Waals surface area contributed by atoms with E-state index in [1.165, 1.54) is 5.56 Å². The molecule has 0 radical (unpaired) electrons. The monoisotopic (exact) mass is 350 g/mol. The number of carbonyl (C=O) groups is 1. The molecule has 25 heavy (non-hydrogen) atoms. The van der Waals surface area contributed by atoms with Crippen molar-refractivity contribution in [3.63, 3.8) is 0 Å². The van der Waals surface area contributed by atoms with E-state index >= 15 is 0 Å². The minimum atomic E-state index is -0.0866.